The molecule has 0 bridgehead atoms. The van der Waals surface area contributed by atoms with Crippen molar-refractivity contribution < 1.29 is 23.8 Å². The SMILES string of the molecule is CCn1c(SCC(=O)Nc2cc(C(=O)OC)ccc2Cl)nnc1-c1cc(OC)cc(OC)c1. The molecule has 2 aromatic carbocycles. The van der Waals surface area contributed by atoms with E-state index in [0.717, 1.165) is 5.56 Å². The molecule has 174 valence electrons. The number of thioether (sulfide) groups is 1. The smallest absolute Gasteiger partial charge is 0.337 e. The van der Waals surface area contributed by atoms with Crippen molar-refractivity contribution in [3.63, 3.8) is 0 Å². The molecule has 3 aromatic rings. The normalized spacial score (nSPS) is 10.6. The van der Waals surface area contributed by atoms with Crippen LogP contribution in [-0.2, 0) is 16.1 Å². The Morgan fingerprint density at radius 1 is 1.06 bits per heavy atom. The van der Waals surface area contributed by atoms with E-state index in [2.05, 4.69) is 15.5 Å². The number of hydrogen-bond donors (Lipinski definition) is 1. The third kappa shape index (κ3) is 5.77. The highest BCUT2D eigenvalue weighted by molar-refractivity contribution is 7.99. The van der Waals surface area contributed by atoms with Crippen LogP contribution in [0, 0.1) is 0 Å². The summed E-state index contributed by atoms with van der Waals surface area (Å²) in [5.41, 5.74) is 1.39. The third-order valence-corrected chi connectivity index (χ3v) is 5.93. The van der Waals surface area contributed by atoms with E-state index < -0.39 is 5.97 Å². The van der Waals surface area contributed by atoms with E-state index in [0.29, 0.717) is 39.7 Å². The van der Waals surface area contributed by atoms with E-state index in [1.165, 1.54) is 37.1 Å². The molecule has 9 nitrogen and oxygen atoms in total. The minimum Gasteiger partial charge on any atom is -0.497 e. The molecule has 0 spiro atoms. The number of aromatic nitrogens is 3. The van der Waals surface area contributed by atoms with Crippen LogP contribution in [-0.4, -0.2) is 53.7 Å². The molecule has 0 saturated carbocycles. The van der Waals surface area contributed by atoms with Crippen LogP contribution >= 0.6 is 23.4 Å². The summed E-state index contributed by atoms with van der Waals surface area (Å²) in [6, 6.07) is 9.98. The molecule has 11 heteroatoms. The van der Waals surface area contributed by atoms with Gasteiger partial charge in [0.25, 0.3) is 0 Å². The molecule has 1 N–H and O–H groups in total. The van der Waals surface area contributed by atoms with Crippen LogP contribution in [0.3, 0.4) is 0 Å². The lowest BCUT2D eigenvalue weighted by Crippen LogP contribution is -2.15. The number of anilines is 1. The molecule has 1 amide bonds. The van der Waals surface area contributed by atoms with E-state index in [4.69, 9.17) is 25.8 Å². The van der Waals surface area contributed by atoms with Crippen molar-refractivity contribution in [2.75, 3.05) is 32.4 Å². The molecule has 0 fully saturated rings. The first-order chi connectivity index (χ1) is 15.9. The van der Waals surface area contributed by atoms with Crippen LogP contribution in [0.2, 0.25) is 5.02 Å². The zero-order valence-corrected chi connectivity index (χ0v) is 20.1. The average Bonchev–Trinajstić information content (AvgIpc) is 3.26. The van der Waals surface area contributed by atoms with Gasteiger partial charge in [-0.25, -0.2) is 4.79 Å². The minimum absolute atomic E-state index is 0.0678. The summed E-state index contributed by atoms with van der Waals surface area (Å²) < 4.78 is 17.3. The molecule has 3 rings (SSSR count). The summed E-state index contributed by atoms with van der Waals surface area (Å²) in [6.45, 7) is 2.56. The van der Waals surface area contributed by atoms with E-state index in [1.807, 2.05) is 23.6 Å². The molecular weight excluding hydrogens is 468 g/mol. The van der Waals surface area contributed by atoms with Gasteiger partial charge in [-0.2, -0.15) is 0 Å². The van der Waals surface area contributed by atoms with Gasteiger partial charge in [0.15, 0.2) is 11.0 Å². The second-order valence-corrected chi connectivity index (χ2v) is 8.02. The molecule has 0 saturated heterocycles. The number of ether oxygens (including phenoxy) is 3. The van der Waals surface area contributed by atoms with Crippen molar-refractivity contribution in [1.29, 1.82) is 0 Å². The molecule has 0 aliphatic carbocycles. The lowest BCUT2D eigenvalue weighted by Gasteiger charge is -2.11. The van der Waals surface area contributed by atoms with Crippen molar-refractivity contribution in [2.45, 2.75) is 18.6 Å². The maximum Gasteiger partial charge on any atom is 0.337 e. The van der Waals surface area contributed by atoms with E-state index >= 15 is 0 Å². The number of carbonyl (C=O) groups excluding carboxylic acids is 2. The Hall–Kier alpha value is -3.24. The zero-order chi connectivity index (χ0) is 24.0. The predicted molar refractivity (Wildman–Crippen MR) is 126 cm³/mol. The van der Waals surface area contributed by atoms with Crippen LogP contribution in [0.1, 0.15) is 17.3 Å². The topological polar surface area (TPSA) is 105 Å². The highest BCUT2D eigenvalue weighted by atomic mass is 35.5. The van der Waals surface area contributed by atoms with Gasteiger partial charge in [0.2, 0.25) is 5.91 Å². The summed E-state index contributed by atoms with van der Waals surface area (Å²) >= 11 is 7.39. The van der Waals surface area contributed by atoms with Gasteiger partial charge >= 0.3 is 5.97 Å². The van der Waals surface area contributed by atoms with Crippen molar-refractivity contribution in [3.8, 4) is 22.9 Å². The Bertz CT molecular complexity index is 1150. The first-order valence-electron chi connectivity index (χ1n) is 9.87. The summed E-state index contributed by atoms with van der Waals surface area (Å²) in [5, 5.41) is 12.2. The lowest BCUT2D eigenvalue weighted by molar-refractivity contribution is -0.113. The first-order valence-corrected chi connectivity index (χ1v) is 11.2. The first kappa shape index (κ1) is 24.4. The number of amides is 1. The number of hydrogen-bond acceptors (Lipinski definition) is 8. The van der Waals surface area contributed by atoms with Gasteiger partial charge in [0.05, 0.1) is 43.4 Å². The Morgan fingerprint density at radius 2 is 1.76 bits per heavy atom. The molecular formula is C22H23ClN4O5S. The summed E-state index contributed by atoms with van der Waals surface area (Å²) in [6.07, 6.45) is 0. The largest absolute Gasteiger partial charge is 0.497 e. The molecule has 0 unspecified atom stereocenters. The van der Waals surface area contributed by atoms with Crippen LogP contribution in [0.4, 0.5) is 5.69 Å². The average molecular weight is 491 g/mol. The molecule has 0 aliphatic heterocycles. The fourth-order valence-corrected chi connectivity index (χ4v) is 3.98. The van der Waals surface area contributed by atoms with Crippen molar-refractivity contribution >= 4 is 40.9 Å². The number of halogens is 1. The Labute approximate surface area is 200 Å². The second-order valence-electron chi connectivity index (χ2n) is 6.67. The maximum atomic E-state index is 12.5. The molecule has 33 heavy (non-hydrogen) atoms. The third-order valence-electron chi connectivity index (χ3n) is 4.64. The van der Waals surface area contributed by atoms with Crippen LogP contribution in [0.15, 0.2) is 41.6 Å². The summed E-state index contributed by atoms with van der Waals surface area (Å²) in [7, 11) is 4.44. The van der Waals surface area contributed by atoms with Crippen molar-refractivity contribution in [1.82, 2.24) is 14.8 Å². The molecule has 0 aliphatic rings. The van der Waals surface area contributed by atoms with Gasteiger partial charge in [-0.1, -0.05) is 23.4 Å². The van der Waals surface area contributed by atoms with Gasteiger partial charge in [0, 0.05) is 18.2 Å². The van der Waals surface area contributed by atoms with E-state index in [1.54, 1.807) is 20.3 Å². The highest BCUT2D eigenvalue weighted by Gasteiger charge is 2.17. The zero-order valence-electron chi connectivity index (χ0n) is 18.5. The van der Waals surface area contributed by atoms with Gasteiger partial charge in [-0.05, 0) is 37.3 Å². The van der Waals surface area contributed by atoms with Crippen LogP contribution in [0.5, 0.6) is 11.5 Å². The molecule has 1 heterocycles. The fourth-order valence-electron chi connectivity index (χ4n) is 3.01. The number of carbonyl (C=O) groups is 2. The predicted octanol–water partition coefficient (Wildman–Crippen LogP) is 4.15. The lowest BCUT2D eigenvalue weighted by atomic mass is 10.2. The van der Waals surface area contributed by atoms with Gasteiger partial charge in [-0.3, -0.25) is 4.79 Å². The minimum atomic E-state index is -0.519. The number of esters is 1. The molecule has 0 atom stereocenters. The van der Waals surface area contributed by atoms with Crippen LogP contribution in [0.25, 0.3) is 11.4 Å². The second kappa shape index (κ2) is 11.1. The summed E-state index contributed by atoms with van der Waals surface area (Å²) in [5.74, 6) is 1.14. The Balaban J connectivity index is 1.75. The standard InChI is InChI=1S/C22H23ClN4O5S/c1-5-27-20(14-8-15(30-2)11-16(9-14)31-3)25-26-22(27)33-12-19(28)24-18-10-13(21(29)32-4)6-7-17(18)23/h6-11H,5,12H2,1-4H3,(H,24,28). The monoisotopic (exact) mass is 490 g/mol. The van der Waals surface area contributed by atoms with Crippen molar-refractivity contribution in [2.24, 2.45) is 0 Å². The molecule has 1 aromatic heterocycles. The number of rotatable bonds is 9. The Morgan fingerprint density at radius 3 is 2.36 bits per heavy atom. The highest BCUT2D eigenvalue weighted by Crippen LogP contribution is 2.31. The number of methoxy groups -OCH3 is 3. The quantitative estimate of drug-likeness (QED) is 0.352. The van der Waals surface area contributed by atoms with Gasteiger partial charge in [0.1, 0.15) is 11.5 Å². The van der Waals surface area contributed by atoms with E-state index in [9.17, 15) is 9.59 Å². The van der Waals surface area contributed by atoms with E-state index in [-0.39, 0.29) is 17.2 Å². The van der Waals surface area contributed by atoms with Crippen LogP contribution < -0.4 is 14.8 Å². The van der Waals surface area contributed by atoms with Gasteiger partial charge < -0.3 is 24.1 Å². The van der Waals surface area contributed by atoms with Gasteiger partial charge in [-0.15, -0.1) is 10.2 Å². The Kier molecular flexibility index (Phi) is 8.18. The maximum absolute atomic E-state index is 12.5. The number of benzene rings is 2. The van der Waals surface area contributed by atoms with Crippen molar-refractivity contribution in [3.05, 3.63) is 47.0 Å². The number of nitrogens with one attached hydrogen (secondary N) is 1. The fraction of sp³-hybridized carbons (Fsp3) is 0.273. The molecule has 0 radical (unpaired) electrons. The number of nitrogens with zero attached hydrogens (tertiary/aromatic N) is 3. The summed E-state index contributed by atoms with van der Waals surface area (Å²) in [4.78, 5) is 24.3.